The van der Waals surface area contributed by atoms with Crippen molar-refractivity contribution in [3.05, 3.63) is 164 Å². The predicted octanol–water partition coefficient (Wildman–Crippen LogP) is 8.83. The topological polar surface area (TPSA) is 87.3 Å². The zero-order chi connectivity index (χ0) is 31.6. The Morgan fingerprint density at radius 2 is 1.38 bits per heavy atom. The van der Waals surface area contributed by atoms with Gasteiger partial charge in [0.25, 0.3) is 11.8 Å². The Morgan fingerprint density at radius 1 is 0.711 bits per heavy atom. The minimum Gasteiger partial charge on any atom is -0.325 e. The number of anilines is 2. The maximum atomic E-state index is 13.6. The van der Waals surface area contributed by atoms with Crippen LogP contribution in [0, 0.1) is 3.57 Å². The summed E-state index contributed by atoms with van der Waals surface area (Å²) in [5, 5.41) is 8.51. The van der Waals surface area contributed by atoms with E-state index in [4.69, 9.17) is 11.6 Å². The van der Waals surface area contributed by atoms with Gasteiger partial charge in [-0.05, 0) is 100 Å². The number of benzene rings is 5. The molecule has 0 heterocycles. The first kappa shape index (κ1) is 32.0. The first-order chi connectivity index (χ1) is 21.9. The van der Waals surface area contributed by atoms with E-state index in [0.29, 0.717) is 27.5 Å². The van der Waals surface area contributed by atoms with Crippen molar-refractivity contribution in [3.8, 4) is 0 Å². The molecule has 0 spiro atoms. The Morgan fingerprint density at radius 3 is 2.09 bits per heavy atom. The molecule has 0 aromatic heterocycles. The van der Waals surface area contributed by atoms with Gasteiger partial charge in [0.15, 0.2) is 0 Å². The molecule has 224 valence electrons. The lowest BCUT2D eigenvalue weighted by molar-refractivity contribution is -0.116. The third kappa shape index (κ3) is 9.07. The number of thioether (sulfide) groups is 1. The van der Waals surface area contributed by atoms with Crippen molar-refractivity contribution < 1.29 is 14.4 Å². The summed E-state index contributed by atoms with van der Waals surface area (Å²) in [7, 11) is 0. The molecule has 0 aliphatic carbocycles. The normalized spacial score (nSPS) is 11.7. The fourth-order valence-electron chi connectivity index (χ4n) is 4.31. The van der Waals surface area contributed by atoms with Crippen LogP contribution >= 0.6 is 46.0 Å². The van der Waals surface area contributed by atoms with Crippen LogP contribution in [-0.2, 0) is 9.59 Å². The van der Waals surface area contributed by atoms with Crippen LogP contribution in [0.1, 0.15) is 26.7 Å². The number of nitrogens with one attached hydrogen (secondary N) is 3. The maximum Gasteiger partial charge on any atom is 0.272 e. The van der Waals surface area contributed by atoms with Crippen LogP contribution in [0.25, 0.3) is 6.08 Å². The molecule has 5 aromatic carbocycles. The Labute approximate surface area is 284 Å². The SMILES string of the molecule is O=C(Nc1cccc(SC(C(=O)Nc2ccc(I)cc2)c2ccccc2)c1)/C(=C\c1ccccc1Cl)NC(=O)c1ccccc1. The van der Waals surface area contributed by atoms with E-state index in [2.05, 4.69) is 38.5 Å². The van der Waals surface area contributed by atoms with Crippen LogP contribution in [0.2, 0.25) is 5.02 Å². The highest BCUT2D eigenvalue weighted by Crippen LogP contribution is 2.37. The van der Waals surface area contributed by atoms with Crippen molar-refractivity contribution in [3.63, 3.8) is 0 Å². The lowest BCUT2D eigenvalue weighted by Crippen LogP contribution is -2.30. The fraction of sp³-hybridized carbons (Fsp3) is 0.0278. The molecule has 0 radical (unpaired) electrons. The van der Waals surface area contributed by atoms with Crippen molar-refractivity contribution in [2.45, 2.75) is 10.1 Å². The van der Waals surface area contributed by atoms with Gasteiger partial charge >= 0.3 is 0 Å². The lowest BCUT2D eigenvalue weighted by atomic mass is 10.1. The molecule has 3 amide bonds. The molecule has 1 unspecified atom stereocenters. The molecular weight excluding hydrogens is 717 g/mol. The smallest absolute Gasteiger partial charge is 0.272 e. The van der Waals surface area contributed by atoms with Crippen molar-refractivity contribution in [1.82, 2.24) is 5.32 Å². The van der Waals surface area contributed by atoms with Crippen molar-refractivity contribution >= 4 is 81.1 Å². The van der Waals surface area contributed by atoms with Crippen LogP contribution in [0.5, 0.6) is 0 Å². The minimum atomic E-state index is -0.558. The zero-order valence-electron chi connectivity index (χ0n) is 23.7. The predicted molar refractivity (Wildman–Crippen MR) is 191 cm³/mol. The first-order valence-electron chi connectivity index (χ1n) is 13.9. The van der Waals surface area contributed by atoms with Gasteiger partial charge in [-0.15, -0.1) is 11.8 Å². The number of amides is 3. The number of hydrogen-bond acceptors (Lipinski definition) is 4. The lowest BCUT2D eigenvalue weighted by Gasteiger charge is -2.18. The number of halogens is 2. The Kier molecular flexibility index (Phi) is 11.1. The van der Waals surface area contributed by atoms with Crippen LogP contribution in [0.4, 0.5) is 11.4 Å². The maximum absolute atomic E-state index is 13.6. The third-order valence-electron chi connectivity index (χ3n) is 6.53. The Bertz CT molecular complexity index is 1830. The third-order valence-corrected chi connectivity index (χ3v) is 8.84. The first-order valence-corrected chi connectivity index (χ1v) is 16.2. The van der Waals surface area contributed by atoms with Gasteiger partial charge in [-0.3, -0.25) is 14.4 Å². The molecule has 0 saturated carbocycles. The second kappa shape index (κ2) is 15.6. The minimum absolute atomic E-state index is 0.0223. The molecule has 45 heavy (non-hydrogen) atoms. The average Bonchev–Trinajstić information content (AvgIpc) is 3.06. The van der Waals surface area contributed by atoms with Crippen molar-refractivity contribution in [1.29, 1.82) is 0 Å². The highest BCUT2D eigenvalue weighted by Gasteiger charge is 2.23. The van der Waals surface area contributed by atoms with E-state index in [1.54, 1.807) is 66.7 Å². The highest BCUT2D eigenvalue weighted by molar-refractivity contribution is 14.1. The average molecular weight is 744 g/mol. The second-order valence-corrected chi connectivity index (χ2v) is 12.6. The van der Waals surface area contributed by atoms with Gasteiger partial charge in [-0.1, -0.05) is 84.4 Å². The molecule has 0 saturated heterocycles. The van der Waals surface area contributed by atoms with E-state index in [0.717, 1.165) is 14.0 Å². The number of carbonyl (C=O) groups excluding carboxylic acids is 3. The molecule has 0 fully saturated rings. The van der Waals surface area contributed by atoms with Gasteiger partial charge in [0.2, 0.25) is 5.91 Å². The summed E-state index contributed by atoms with van der Waals surface area (Å²) in [6, 6.07) is 40.0. The van der Waals surface area contributed by atoms with Crippen molar-refractivity contribution in [2.24, 2.45) is 0 Å². The molecule has 5 rings (SSSR count). The van der Waals surface area contributed by atoms with E-state index in [9.17, 15) is 14.4 Å². The van der Waals surface area contributed by atoms with Gasteiger partial charge < -0.3 is 16.0 Å². The van der Waals surface area contributed by atoms with Crippen molar-refractivity contribution in [2.75, 3.05) is 10.6 Å². The molecule has 1 atom stereocenters. The fourth-order valence-corrected chi connectivity index (χ4v) is 5.95. The molecular formula is C36H27ClIN3O3S. The molecule has 3 N–H and O–H groups in total. The summed E-state index contributed by atoms with van der Waals surface area (Å²) >= 11 is 9.95. The van der Waals surface area contributed by atoms with Crippen LogP contribution < -0.4 is 16.0 Å². The summed E-state index contributed by atoms with van der Waals surface area (Å²) in [5.41, 5.74) is 3.05. The summed E-state index contributed by atoms with van der Waals surface area (Å²) in [4.78, 5) is 40.9. The van der Waals surface area contributed by atoms with Crippen LogP contribution in [0.15, 0.2) is 144 Å². The van der Waals surface area contributed by atoms with Gasteiger partial charge in [0, 0.05) is 30.4 Å². The summed E-state index contributed by atoms with van der Waals surface area (Å²) < 4.78 is 1.07. The summed E-state index contributed by atoms with van der Waals surface area (Å²) in [6.07, 6.45) is 1.54. The molecule has 6 nitrogen and oxygen atoms in total. The van der Waals surface area contributed by atoms with Crippen LogP contribution in [-0.4, -0.2) is 17.7 Å². The number of hydrogen-bond donors (Lipinski definition) is 3. The van der Waals surface area contributed by atoms with Crippen LogP contribution in [0.3, 0.4) is 0 Å². The summed E-state index contributed by atoms with van der Waals surface area (Å²) in [5.74, 6) is -1.13. The quantitative estimate of drug-likeness (QED) is 0.0759. The van der Waals surface area contributed by atoms with Gasteiger partial charge in [0.05, 0.1) is 0 Å². The second-order valence-electron chi connectivity index (χ2n) is 9.79. The van der Waals surface area contributed by atoms with Gasteiger partial charge in [-0.2, -0.15) is 0 Å². The van der Waals surface area contributed by atoms with E-state index < -0.39 is 17.1 Å². The number of carbonyl (C=O) groups is 3. The van der Waals surface area contributed by atoms with E-state index in [1.165, 1.54) is 17.8 Å². The number of rotatable bonds is 10. The highest BCUT2D eigenvalue weighted by atomic mass is 127. The Hall–Kier alpha value is -4.38. The standard InChI is InChI=1S/C36H27ClIN3O3S/c37-31-17-8-7-14-26(31)22-32(41-34(42)25-12-5-2-6-13-25)35(43)40-29-15-9-16-30(23-29)45-33(24-10-3-1-4-11-24)36(44)39-28-20-18-27(38)19-21-28/h1-23,33H,(H,39,44)(H,40,43)(H,41,42)/b32-22+. The zero-order valence-corrected chi connectivity index (χ0v) is 27.5. The van der Waals surface area contributed by atoms with E-state index >= 15 is 0 Å². The molecule has 0 aliphatic rings. The molecule has 0 bridgehead atoms. The Balaban J connectivity index is 1.38. The van der Waals surface area contributed by atoms with Gasteiger partial charge in [-0.25, -0.2) is 0 Å². The molecule has 0 aliphatic heterocycles. The van der Waals surface area contributed by atoms with Gasteiger partial charge in [0.1, 0.15) is 10.9 Å². The van der Waals surface area contributed by atoms with E-state index in [1.807, 2.05) is 66.7 Å². The monoisotopic (exact) mass is 743 g/mol. The summed E-state index contributed by atoms with van der Waals surface area (Å²) in [6.45, 7) is 0. The van der Waals surface area contributed by atoms with E-state index in [-0.39, 0.29) is 11.6 Å². The molecule has 5 aromatic rings. The largest absolute Gasteiger partial charge is 0.325 e. The molecule has 9 heteroatoms.